The van der Waals surface area contributed by atoms with Gasteiger partial charge < -0.3 is 9.32 Å². The quantitative estimate of drug-likeness (QED) is 0.719. The molecule has 0 saturated carbocycles. The molecule has 2 amide bonds. The fourth-order valence-corrected chi connectivity index (χ4v) is 5.16. The molecule has 2 aromatic rings. The third kappa shape index (κ3) is 3.76. The summed E-state index contributed by atoms with van der Waals surface area (Å²) in [5, 5.41) is 0.773. The van der Waals surface area contributed by atoms with Gasteiger partial charge in [0.05, 0.1) is 23.4 Å². The number of aryl methyl sites for hydroxylation is 2. The van der Waals surface area contributed by atoms with Crippen LogP contribution in [-0.2, 0) is 17.6 Å². The minimum Gasteiger partial charge on any atom is -0.472 e. The molecular weight excluding hydrogens is 374 g/mol. The molecule has 6 nitrogen and oxygen atoms in total. The van der Waals surface area contributed by atoms with Crippen molar-refractivity contribution in [2.75, 3.05) is 24.5 Å². The number of thiazole rings is 1. The smallest absolute Gasteiger partial charge is 0.257 e. The van der Waals surface area contributed by atoms with Gasteiger partial charge in [-0.2, -0.15) is 0 Å². The van der Waals surface area contributed by atoms with E-state index in [-0.39, 0.29) is 17.7 Å². The van der Waals surface area contributed by atoms with Crippen molar-refractivity contribution in [3.8, 4) is 0 Å². The van der Waals surface area contributed by atoms with Crippen LogP contribution in [0.1, 0.15) is 46.6 Å². The third-order valence-corrected chi connectivity index (χ3v) is 6.65. The Morgan fingerprint density at radius 3 is 2.96 bits per heavy atom. The molecule has 2 aliphatic rings. The summed E-state index contributed by atoms with van der Waals surface area (Å²) < 4.78 is 5.03. The van der Waals surface area contributed by atoms with E-state index in [9.17, 15) is 9.59 Å². The Bertz CT molecular complexity index is 835. The maximum atomic E-state index is 13.3. The summed E-state index contributed by atoms with van der Waals surface area (Å²) >= 11 is 1.63. The largest absolute Gasteiger partial charge is 0.472 e. The summed E-state index contributed by atoms with van der Waals surface area (Å²) in [4.78, 5) is 35.6. The van der Waals surface area contributed by atoms with Gasteiger partial charge in [-0.3, -0.25) is 14.5 Å². The number of nitrogens with zero attached hydrogens (tertiary/aromatic N) is 3. The SMILES string of the molecule is C=CCN(C(=O)C1CCCN(C(=O)c2ccoc2)C1)c1nc2c(s1)CCCC2. The highest BCUT2D eigenvalue weighted by Gasteiger charge is 2.33. The van der Waals surface area contributed by atoms with Crippen LogP contribution in [0.2, 0.25) is 0 Å². The number of furan rings is 1. The number of carbonyl (C=O) groups is 2. The number of rotatable bonds is 5. The molecule has 0 bridgehead atoms. The Morgan fingerprint density at radius 2 is 2.21 bits per heavy atom. The van der Waals surface area contributed by atoms with Crippen molar-refractivity contribution >= 4 is 28.3 Å². The fraction of sp³-hybridized carbons (Fsp3) is 0.476. The van der Waals surface area contributed by atoms with E-state index in [1.807, 2.05) is 0 Å². The molecule has 0 aromatic carbocycles. The first-order valence-corrected chi connectivity index (χ1v) is 10.7. The van der Waals surface area contributed by atoms with Gasteiger partial charge in [0.25, 0.3) is 5.91 Å². The standard InChI is InChI=1S/C21H25N3O3S/c1-2-10-24(21-22-17-7-3-4-8-18(17)28-21)20(26)15-6-5-11-23(13-15)19(25)16-9-12-27-14-16/h2,9,12,14-15H,1,3-8,10-11,13H2. The second-order valence-electron chi connectivity index (χ2n) is 7.41. The molecule has 1 aliphatic heterocycles. The number of hydrogen-bond donors (Lipinski definition) is 0. The van der Waals surface area contributed by atoms with Gasteiger partial charge >= 0.3 is 0 Å². The summed E-state index contributed by atoms with van der Waals surface area (Å²) in [7, 11) is 0. The van der Waals surface area contributed by atoms with E-state index in [1.165, 1.54) is 30.2 Å². The molecular formula is C21H25N3O3S. The highest BCUT2D eigenvalue weighted by molar-refractivity contribution is 7.16. The predicted octanol–water partition coefficient (Wildman–Crippen LogP) is 3.69. The zero-order valence-corrected chi connectivity index (χ0v) is 16.7. The number of hydrogen-bond acceptors (Lipinski definition) is 5. The van der Waals surface area contributed by atoms with Crippen molar-refractivity contribution in [2.24, 2.45) is 5.92 Å². The number of piperidine rings is 1. The topological polar surface area (TPSA) is 66.7 Å². The lowest BCUT2D eigenvalue weighted by Crippen LogP contribution is -2.47. The molecule has 1 aliphatic carbocycles. The van der Waals surface area contributed by atoms with E-state index in [1.54, 1.807) is 33.3 Å². The van der Waals surface area contributed by atoms with Crippen LogP contribution < -0.4 is 4.90 Å². The van der Waals surface area contributed by atoms with E-state index in [2.05, 4.69) is 6.58 Å². The number of fused-ring (bicyclic) bond motifs is 1. The van der Waals surface area contributed by atoms with E-state index >= 15 is 0 Å². The van der Waals surface area contributed by atoms with Crippen LogP contribution in [0.3, 0.4) is 0 Å². The monoisotopic (exact) mass is 399 g/mol. The molecule has 1 unspecified atom stereocenters. The molecule has 0 N–H and O–H groups in total. The fourth-order valence-electron chi connectivity index (χ4n) is 4.00. The van der Waals surface area contributed by atoms with Gasteiger partial charge in [-0.15, -0.1) is 17.9 Å². The van der Waals surface area contributed by atoms with Crippen LogP contribution in [0.5, 0.6) is 0 Å². The number of amides is 2. The Kier molecular flexibility index (Phi) is 5.62. The average Bonchev–Trinajstić information content (AvgIpc) is 3.40. The van der Waals surface area contributed by atoms with Crippen molar-refractivity contribution in [2.45, 2.75) is 38.5 Å². The zero-order valence-electron chi connectivity index (χ0n) is 15.9. The lowest BCUT2D eigenvalue weighted by atomic mass is 9.96. The van der Waals surface area contributed by atoms with Gasteiger partial charge in [0, 0.05) is 24.5 Å². The zero-order chi connectivity index (χ0) is 19.5. The Balaban J connectivity index is 1.51. The minimum absolute atomic E-state index is 0.0377. The molecule has 148 valence electrons. The van der Waals surface area contributed by atoms with Gasteiger partial charge in [0.15, 0.2) is 5.13 Å². The minimum atomic E-state index is -0.217. The first kappa shape index (κ1) is 18.9. The van der Waals surface area contributed by atoms with Crippen LogP contribution in [-0.4, -0.2) is 41.3 Å². The molecule has 0 spiro atoms. The van der Waals surface area contributed by atoms with Gasteiger partial charge in [-0.1, -0.05) is 6.08 Å². The average molecular weight is 400 g/mol. The summed E-state index contributed by atoms with van der Waals surface area (Å²) in [6.07, 6.45) is 10.7. The molecule has 2 aromatic heterocycles. The predicted molar refractivity (Wildman–Crippen MR) is 109 cm³/mol. The van der Waals surface area contributed by atoms with Crippen LogP contribution in [0.15, 0.2) is 35.7 Å². The summed E-state index contributed by atoms with van der Waals surface area (Å²) in [5.74, 6) is -0.257. The van der Waals surface area contributed by atoms with Crippen molar-refractivity contribution in [3.05, 3.63) is 47.4 Å². The molecule has 1 atom stereocenters. The summed E-state index contributed by atoms with van der Waals surface area (Å²) in [6.45, 7) is 5.36. The van der Waals surface area contributed by atoms with Gasteiger partial charge in [0.1, 0.15) is 6.26 Å². The molecule has 4 rings (SSSR count). The van der Waals surface area contributed by atoms with Crippen molar-refractivity contribution in [1.29, 1.82) is 0 Å². The first-order chi connectivity index (χ1) is 13.7. The van der Waals surface area contributed by atoms with Crippen LogP contribution in [0.25, 0.3) is 0 Å². The first-order valence-electron chi connectivity index (χ1n) is 9.89. The second-order valence-corrected chi connectivity index (χ2v) is 8.48. The highest BCUT2D eigenvalue weighted by Crippen LogP contribution is 2.33. The molecule has 0 radical (unpaired) electrons. The van der Waals surface area contributed by atoms with Crippen molar-refractivity contribution < 1.29 is 14.0 Å². The maximum Gasteiger partial charge on any atom is 0.257 e. The molecule has 28 heavy (non-hydrogen) atoms. The molecule has 1 saturated heterocycles. The van der Waals surface area contributed by atoms with Crippen molar-refractivity contribution in [3.63, 3.8) is 0 Å². The summed E-state index contributed by atoms with van der Waals surface area (Å²) in [6, 6.07) is 1.66. The van der Waals surface area contributed by atoms with E-state index in [4.69, 9.17) is 9.40 Å². The van der Waals surface area contributed by atoms with Gasteiger partial charge in [0.2, 0.25) is 5.91 Å². The third-order valence-electron chi connectivity index (χ3n) is 5.47. The van der Waals surface area contributed by atoms with Gasteiger partial charge in [-0.25, -0.2) is 4.98 Å². The molecule has 1 fully saturated rings. The van der Waals surface area contributed by atoms with Gasteiger partial charge in [-0.05, 0) is 44.6 Å². The van der Waals surface area contributed by atoms with E-state index in [0.29, 0.717) is 25.2 Å². The number of aromatic nitrogens is 1. The van der Waals surface area contributed by atoms with E-state index < -0.39 is 0 Å². The van der Waals surface area contributed by atoms with Crippen LogP contribution >= 0.6 is 11.3 Å². The molecule has 3 heterocycles. The lowest BCUT2D eigenvalue weighted by molar-refractivity contribution is -0.123. The molecule has 7 heteroatoms. The summed E-state index contributed by atoms with van der Waals surface area (Å²) in [5.41, 5.74) is 1.68. The number of carbonyl (C=O) groups excluding carboxylic acids is 2. The van der Waals surface area contributed by atoms with E-state index in [0.717, 1.165) is 36.5 Å². The second kappa shape index (κ2) is 8.31. The Morgan fingerprint density at radius 1 is 1.36 bits per heavy atom. The lowest BCUT2D eigenvalue weighted by Gasteiger charge is -2.34. The van der Waals surface area contributed by atoms with Crippen LogP contribution in [0.4, 0.5) is 5.13 Å². The highest BCUT2D eigenvalue weighted by atomic mass is 32.1. The normalized spacial score (nSPS) is 19.1. The van der Waals surface area contributed by atoms with Crippen molar-refractivity contribution in [1.82, 2.24) is 9.88 Å². The number of likely N-dealkylation sites (tertiary alicyclic amines) is 1. The number of anilines is 1. The Hall–Kier alpha value is -2.41. The maximum absolute atomic E-state index is 13.3. The Labute approximate surface area is 168 Å². The van der Waals surface area contributed by atoms with Crippen LogP contribution in [0, 0.1) is 5.92 Å².